The second kappa shape index (κ2) is 9.48. The van der Waals surface area contributed by atoms with Gasteiger partial charge in [-0.2, -0.15) is 0 Å². The average Bonchev–Trinajstić information content (AvgIpc) is 3.53. The lowest BCUT2D eigenvalue weighted by Crippen LogP contribution is -2.42. The summed E-state index contributed by atoms with van der Waals surface area (Å²) in [5.74, 6) is 1.18. The molecule has 7 rings (SSSR count). The molecule has 6 heteroatoms. The molecule has 40 heavy (non-hydrogen) atoms. The minimum absolute atomic E-state index is 0.0623. The Labute approximate surface area is 236 Å². The zero-order chi connectivity index (χ0) is 27.6. The number of ether oxygens (including phenoxy) is 1. The van der Waals surface area contributed by atoms with Crippen molar-refractivity contribution in [1.82, 2.24) is 4.90 Å². The maximum atomic E-state index is 13.9. The van der Waals surface area contributed by atoms with Crippen molar-refractivity contribution in [3.63, 3.8) is 0 Å². The third-order valence-corrected chi connectivity index (χ3v) is 9.70. The van der Waals surface area contributed by atoms with Gasteiger partial charge in [0.1, 0.15) is 5.75 Å². The topological polar surface area (TPSA) is 53.1 Å². The first kappa shape index (κ1) is 25.3. The maximum absolute atomic E-state index is 13.9. The Morgan fingerprint density at radius 1 is 0.850 bits per heavy atom. The van der Waals surface area contributed by atoms with Crippen molar-refractivity contribution in [2.24, 2.45) is 0 Å². The second-order valence-corrected chi connectivity index (χ2v) is 12.2. The molecule has 6 nitrogen and oxygen atoms in total. The number of hydrogen-bond acceptors (Lipinski definition) is 4. The lowest BCUT2D eigenvalue weighted by atomic mass is 9.74. The van der Waals surface area contributed by atoms with E-state index in [1.54, 1.807) is 6.92 Å². The second-order valence-electron chi connectivity index (χ2n) is 12.2. The summed E-state index contributed by atoms with van der Waals surface area (Å²) in [6, 6.07) is 16.9. The SMILES string of the molecule is CC(=O)N1CCCc2cc(-c3ccc(C(=O)N4CCc5cc6c(cc54)C4(CCN(C)CC4)CO6)cc3C)ccc21. The number of hydrogen-bond donors (Lipinski definition) is 0. The van der Waals surface area contributed by atoms with Crippen molar-refractivity contribution in [1.29, 1.82) is 0 Å². The normalized spacial score (nSPS) is 19.3. The molecule has 0 aromatic heterocycles. The predicted octanol–water partition coefficient (Wildman–Crippen LogP) is 5.52. The van der Waals surface area contributed by atoms with Crippen LogP contribution in [0.3, 0.4) is 0 Å². The van der Waals surface area contributed by atoms with E-state index in [2.05, 4.69) is 55.3 Å². The molecule has 2 amide bonds. The van der Waals surface area contributed by atoms with Gasteiger partial charge in [-0.15, -0.1) is 0 Å². The van der Waals surface area contributed by atoms with Gasteiger partial charge in [0.05, 0.1) is 6.61 Å². The number of benzene rings is 3. The number of anilines is 2. The molecule has 0 N–H and O–H groups in total. The number of likely N-dealkylation sites (tertiary alicyclic amines) is 1. The van der Waals surface area contributed by atoms with Crippen LogP contribution in [0.2, 0.25) is 0 Å². The maximum Gasteiger partial charge on any atom is 0.258 e. The van der Waals surface area contributed by atoms with Crippen molar-refractivity contribution in [2.45, 2.75) is 51.4 Å². The van der Waals surface area contributed by atoms with Crippen LogP contribution in [0.15, 0.2) is 48.5 Å². The van der Waals surface area contributed by atoms with Crippen LogP contribution >= 0.6 is 0 Å². The molecule has 0 aliphatic carbocycles. The van der Waals surface area contributed by atoms with Crippen molar-refractivity contribution in [2.75, 3.05) is 49.6 Å². The largest absolute Gasteiger partial charge is 0.492 e. The number of fused-ring (bicyclic) bond motifs is 4. The summed E-state index contributed by atoms with van der Waals surface area (Å²) < 4.78 is 6.21. The number of rotatable bonds is 2. The molecule has 3 aromatic carbocycles. The van der Waals surface area contributed by atoms with Gasteiger partial charge in [0.2, 0.25) is 5.91 Å². The third kappa shape index (κ3) is 4.03. The summed E-state index contributed by atoms with van der Waals surface area (Å²) >= 11 is 0. The lowest BCUT2D eigenvalue weighted by molar-refractivity contribution is -0.116. The molecular weight excluding hydrogens is 498 g/mol. The summed E-state index contributed by atoms with van der Waals surface area (Å²) in [6.45, 7) is 8.11. The van der Waals surface area contributed by atoms with E-state index in [9.17, 15) is 9.59 Å². The van der Waals surface area contributed by atoms with E-state index in [4.69, 9.17) is 4.74 Å². The first-order valence-electron chi connectivity index (χ1n) is 14.7. The van der Waals surface area contributed by atoms with Crippen LogP contribution in [0.5, 0.6) is 5.75 Å². The first-order valence-corrected chi connectivity index (χ1v) is 14.7. The molecule has 1 saturated heterocycles. The Bertz CT molecular complexity index is 1540. The van der Waals surface area contributed by atoms with Crippen LogP contribution in [0.4, 0.5) is 11.4 Å². The van der Waals surface area contributed by atoms with Crippen molar-refractivity contribution >= 4 is 23.2 Å². The van der Waals surface area contributed by atoms with Gasteiger partial charge in [0.25, 0.3) is 5.91 Å². The van der Waals surface area contributed by atoms with E-state index in [0.717, 1.165) is 97.7 Å². The van der Waals surface area contributed by atoms with E-state index in [0.29, 0.717) is 6.54 Å². The Balaban J connectivity index is 1.16. The summed E-state index contributed by atoms with van der Waals surface area (Å²) in [5.41, 5.74) is 9.93. The monoisotopic (exact) mass is 535 g/mol. The molecule has 206 valence electrons. The third-order valence-electron chi connectivity index (χ3n) is 9.70. The Hall–Kier alpha value is -3.64. The summed E-state index contributed by atoms with van der Waals surface area (Å²) in [4.78, 5) is 32.2. The van der Waals surface area contributed by atoms with Gasteiger partial charge in [-0.05, 0) is 123 Å². The zero-order valence-corrected chi connectivity index (χ0v) is 23.8. The summed E-state index contributed by atoms with van der Waals surface area (Å²) in [6.07, 6.45) is 5.01. The van der Waals surface area contributed by atoms with Crippen LogP contribution < -0.4 is 14.5 Å². The van der Waals surface area contributed by atoms with Crippen molar-refractivity contribution in [3.05, 3.63) is 76.3 Å². The van der Waals surface area contributed by atoms with E-state index in [1.807, 2.05) is 21.9 Å². The molecule has 4 aliphatic heterocycles. The lowest BCUT2D eigenvalue weighted by Gasteiger charge is -2.37. The highest BCUT2D eigenvalue weighted by atomic mass is 16.5. The number of amides is 2. The van der Waals surface area contributed by atoms with Crippen LogP contribution in [-0.4, -0.2) is 56.5 Å². The fourth-order valence-corrected chi connectivity index (χ4v) is 7.28. The molecule has 1 fully saturated rings. The Morgan fingerprint density at radius 2 is 1.65 bits per heavy atom. The Kier molecular flexibility index (Phi) is 6.00. The van der Waals surface area contributed by atoms with Crippen molar-refractivity contribution in [3.8, 4) is 16.9 Å². The Morgan fingerprint density at radius 3 is 2.42 bits per heavy atom. The average molecular weight is 536 g/mol. The predicted molar refractivity (Wildman–Crippen MR) is 159 cm³/mol. The number of aryl methyl sites for hydroxylation is 2. The van der Waals surface area contributed by atoms with E-state index < -0.39 is 0 Å². The van der Waals surface area contributed by atoms with E-state index in [1.165, 1.54) is 16.7 Å². The quantitative estimate of drug-likeness (QED) is 0.434. The zero-order valence-electron chi connectivity index (χ0n) is 23.8. The molecule has 0 saturated carbocycles. The molecule has 0 radical (unpaired) electrons. The number of carbonyl (C=O) groups is 2. The molecule has 3 aromatic rings. The van der Waals surface area contributed by atoms with Gasteiger partial charge in [-0.25, -0.2) is 0 Å². The van der Waals surface area contributed by atoms with Gasteiger partial charge in [-0.3, -0.25) is 9.59 Å². The minimum Gasteiger partial charge on any atom is -0.492 e. The molecule has 0 unspecified atom stereocenters. The fourth-order valence-electron chi connectivity index (χ4n) is 7.28. The summed E-state index contributed by atoms with van der Waals surface area (Å²) in [5, 5.41) is 0. The standard InChI is InChI=1S/C34H37N3O3/c1-22-17-27(6-8-28(22)24-7-9-30-25(18-24)5-4-13-36(30)23(2)38)33(39)37-14-10-26-19-32-29(20-31(26)37)34(21-40-32)11-15-35(3)16-12-34/h6-9,17-20H,4-5,10-16,21H2,1-3H3. The molecule has 4 aliphatic rings. The summed E-state index contributed by atoms with van der Waals surface area (Å²) in [7, 11) is 2.19. The van der Waals surface area contributed by atoms with Gasteiger partial charge in [0, 0.05) is 47.9 Å². The molecule has 0 bridgehead atoms. The molecule has 4 heterocycles. The molecule has 0 atom stereocenters. The number of piperidine rings is 1. The molecule has 1 spiro atoms. The van der Waals surface area contributed by atoms with Crippen LogP contribution in [0.1, 0.15) is 58.8 Å². The number of carbonyl (C=O) groups excluding carboxylic acids is 2. The van der Waals surface area contributed by atoms with Gasteiger partial charge >= 0.3 is 0 Å². The van der Waals surface area contributed by atoms with E-state index in [-0.39, 0.29) is 17.2 Å². The highest BCUT2D eigenvalue weighted by Crippen LogP contribution is 2.49. The van der Waals surface area contributed by atoms with Gasteiger partial charge in [0.15, 0.2) is 0 Å². The van der Waals surface area contributed by atoms with Crippen LogP contribution in [0.25, 0.3) is 11.1 Å². The number of nitrogens with zero attached hydrogens (tertiary/aromatic N) is 3. The molecular formula is C34H37N3O3. The first-order chi connectivity index (χ1) is 19.3. The highest BCUT2D eigenvalue weighted by molar-refractivity contribution is 6.08. The fraction of sp³-hybridized carbons (Fsp3) is 0.412. The highest BCUT2D eigenvalue weighted by Gasteiger charge is 2.44. The minimum atomic E-state index is 0.0623. The van der Waals surface area contributed by atoms with Crippen LogP contribution in [0, 0.1) is 6.92 Å². The van der Waals surface area contributed by atoms with Gasteiger partial charge < -0.3 is 19.4 Å². The van der Waals surface area contributed by atoms with Gasteiger partial charge in [-0.1, -0.05) is 12.1 Å². The van der Waals surface area contributed by atoms with Crippen molar-refractivity contribution < 1.29 is 14.3 Å². The van der Waals surface area contributed by atoms with Crippen LogP contribution in [-0.2, 0) is 23.1 Å². The smallest absolute Gasteiger partial charge is 0.258 e. The van der Waals surface area contributed by atoms with E-state index >= 15 is 0 Å².